The molecule has 1 aromatic carbocycles. The molecule has 0 aromatic heterocycles. The molecule has 0 heterocycles. The second-order valence-electron chi connectivity index (χ2n) is 6.23. The Morgan fingerprint density at radius 1 is 0.870 bits per heavy atom. The van der Waals surface area contributed by atoms with Crippen LogP contribution in [0.4, 0.5) is 0 Å². The molecule has 23 heavy (non-hydrogen) atoms. The highest BCUT2D eigenvalue weighted by atomic mass is 16.4. The first-order valence-corrected chi connectivity index (χ1v) is 8.80. The zero-order chi connectivity index (χ0) is 17.1. The molecular formula is C19H30O4. The minimum atomic E-state index is -0.741. The zero-order valence-corrected chi connectivity index (χ0v) is 14.2. The second kappa shape index (κ2) is 10.9. The minimum absolute atomic E-state index is 0.197. The molecule has 4 nitrogen and oxygen atoms in total. The van der Waals surface area contributed by atoms with E-state index in [-0.39, 0.29) is 17.9 Å². The average molecular weight is 322 g/mol. The van der Waals surface area contributed by atoms with Crippen LogP contribution in [0.2, 0.25) is 0 Å². The summed E-state index contributed by atoms with van der Waals surface area (Å²) in [5.74, 6) is -0.348. The van der Waals surface area contributed by atoms with Crippen LogP contribution < -0.4 is 0 Å². The van der Waals surface area contributed by atoms with Crippen LogP contribution in [0.25, 0.3) is 0 Å². The van der Waals surface area contributed by atoms with Crippen LogP contribution in [0.15, 0.2) is 12.1 Å². The van der Waals surface area contributed by atoms with Gasteiger partial charge in [0, 0.05) is 12.0 Å². The Bertz CT molecular complexity index is 459. The number of phenolic OH excluding ortho intramolecular Hbond substituents is 2. The Hall–Kier alpha value is -1.71. The van der Waals surface area contributed by atoms with E-state index in [1.54, 1.807) is 12.1 Å². The standard InChI is InChI=1S/C19H30O4/c1-2-3-4-8-11-16-17(20)13-15(14-18(16)21)10-7-5-6-9-12-19(22)23/h13-14,20-21H,2-12H2,1H3,(H,22,23). The number of phenols is 2. The molecule has 0 bridgehead atoms. The lowest BCUT2D eigenvalue weighted by molar-refractivity contribution is -0.137. The molecule has 0 atom stereocenters. The number of carboxylic acid groups (broad SMARTS) is 1. The van der Waals surface area contributed by atoms with Crippen LogP contribution in [0.3, 0.4) is 0 Å². The molecule has 4 heteroatoms. The average Bonchev–Trinajstić information content (AvgIpc) is 2.49. The van der Waals surface area contributed by atoms with Crippen molar-refractivity contribution in [3.63, 3.8) is 0 Å². The quantitative estimate of drug-likeness (QED) is 0.483. The Kier molecular flexibility index (Phi) is 9.18. The fraction of sp³-hybridized carbons (Fsp3) is 0.632. The maximum atomic E-state index is 10.4. The van der Waals surface area contributed by atoms with Gasteiger partial charge >= 0.3 is 5.97 Å². The summed E-state index contributed by atoms with van der Waals surface area (Å²) in [7, 11) is 0. The van der Waals surface area contributed by atoms with E-state index in [4.69, 9.17) is 5.11 Å². The van der Waals surface area contributed by atoms with Crippen molar-refractivity contribution in [2.24, 2.45) is 0 Å². The number of aromatic hydroxyl groups is 2. The van der Waals surface area contributed by atoms with E-state index >= 15 is 0 Å². The smallest absolute Gasteiger partial charge is 0.303 e. The van der Waals surface area contributed by atoms with Crippen molar-refractivity contribution in [3.8, 4) is 11.5 Å². The molecule has 0 radical (unpaired) electrons. The van der Waals surface area contributed by atoms with Gasteiger partial charge in [0.15, 0.2) is 0 Å². The predicted molar refractivity (Wildman–Crippen MR) is 92.0 cm³/mol. The monoisotopic (exact) mass is 322 g/mol. The molecule has 0 aliphatic heterocycles. The van der Waals surface area contributed by atoms with Crippen molar-refractivity contribution in [1.82, 2.24) is 0 Å². The van der Waals surface area contributed by atoms with Crippen LogP contribution in [-0.2, 0) is 17.6 Å². The number of benzene rings is 1. The molecule has 0 aliphatic carbocycles. The fourth-order valence-electron chi connectivity index (χ4n) is 2.79. The van der Waals surface area contributed by atoms with Crippen LogP contribution >= 0.6 is 0 Å². The number of rotatable bonds is 12. The summed E-state index contributed by atoms with van der Waals surface area (Å²) < 4.78 is 0. The van der Waals surface area contributed by atoms with Gasteiger partial charge in [0.1, 0.15) is 11.5 Å². The molecule has 0 saturated heterocycles. The summed E-state index contributed by atoms with van der Waals surface area (Å²) in [6.07, 6.45) is 9.71. The van der Waals surface area contributed by atoms with Gasteiger partial charge in [-0.3, -0.25) is 4.79 Å². The van der Waals surface area contributed by atoms with Crippen LogP contribution in [0, 0.1) is 0 Å². The van der Waals surface area contributed by atoms with Crippen LogP contribution in [-0.4, -0.2) is 21.3 Å². The largest absolute Gasteiger partial charge is 0.508 e. The third kappa shape index (κ3) is 7.91. The van der Waals surface area contributed by atoms with E-state index in [0.29, 0.717) is 18.4 Å². The van der Waals surface area contributed by atoms with Crippen molar-refractivity contribution >= 4 is 5.97 Å². The molecule has 0 spiro atoms. The summed E-state index contributed by atoms with van der Waals surface area (Å²) in [6, 6.07) is 3.51. The molecule has 1 aromatic rings. The van der Waals surface area contributed by atoms with Gasteiger partial charge in [0.05, 0.1) is 0 Å². The molecule has 0 aliphatic rings. The van der Waals surface area contributed by atoms with Gasteiger partial charge in [-0.05, 0) is 49.8 Å². The van der Waals surface area contributed by atoms with Crippen molar-refractivity contribution in [2.45, 2.75) is 77.6 Å². The summed E-state index contributed by atoms with van der Waals surface area (Å²) in [5, 5.41) is 28.8. The molecule has 3 N–H and O–H groups in total. The fourth-order valence-corrected chi connectivity index (χ4v) is 2.79. The summed E-state index contributed by atoms with van der Waals surface area (Å²) in [5.41, 5.74) is 1.60. The van der Waals surface area contributed by atoms with Crippen molar-refractivity contribution < 1.29 is 20.1 Å². The molecule has 1 rings (SSSR count). The minimum Gasteiger partial charge on any atom is -0.508 e. The molecule has 0 amide bonds. The zero-order valence-electron chi connectivity index (χ0n) is 14.2. The van der Waals surface area contributed by atoms with E-state index in [1.165, 1.54) is 12.8 Å². The number of aliphatic carboxylic acids is 1. The normalized spacial score (nSPS) is 10.8. The van der Waals surface area contributed by atoms with Gasteiger partial charge in [-0.25, -0.2) is 0 Å². The first-order chi connectivity index (χ1) is 11.0. The maximum Gasteiger partial charge on any atom is 0.303 e. The van der Waals surface area contributed by atoms with Gasteiger partial charge in [-0.2, -0.15) is 0 Å². The van der Waals surface area contributed by atoms with Crippen LogP contribution in [0.1, 0.15) is 75.8 Å². The van der Waals surface area contributed by atoms with Gasteiger partial charge in [0.25, 0.3) is 0 Å². The Morgan fingerprint density at radius 2 is 1.43 bits per heavy atom. The SMILES string of the molecule is CCCCCCc1c(O)cc(CCCCCCC(=O)O)cc1O. The lowest BCUT2D eigenvalue weighted by atomic mass is 9.99. The van der Waals surface area contributed by atoms with E-state index in [2.05, 4.69) is 6.92 Å². The van der Waals surface area contributed by atoms with E-state index in [9.17, 15) is 15.0 Å². The predicted octanol–water partition coefficient (Wildman–Crippen LogP) is 4.80. The summed E-state index contributed by atoms with van der Waals surface area (Å²) in [4.78, 5) is 10.4. The maximum absolute atomic E-state index is 10.4. The van der Waals surface area contributed by atoms with Crippen molar-refractivity contribution in [2.75, 3.05) is 0 Å². The summed E-state index contributed by atoms with van der Waals surface area (Å²) >= 11 is 0. The second-order valence-corrected chi connectivity index (χ2v) is 6.23. The van der Waals surface area contributed by atoms with E-state index in [0.717, 1.165) is 44.1 Å². The first kappa shape index (κ1) is 19.3. The highest BCUT2D eigenvalue weighted by Gasteiger charge is 2.09. The first-order valence-electron chi connectivity index (χ1n) is 8.80. The number of hydrogen-bond donors (Lipinski definition) is 3. The summed E-state index contributed by atoms with van der Waals surface area (Å²) in [6.45, 7) is 2.16. The van der Waals surface area contributed by atoms with E-state index < -0.39 is 5.97 Å². The molecule has 0 saturated carbocycles. The highest BCUT2D eigenvalue weighted by Crippen LogP contribution is 2.31. The number of aryl methyl sites for hydroxylation is 1. The lowest BCUT2D eigenvalue weighted by Crippen LogP contribution is -1.94. The lowest BCUT2D eigenvalue weighted by Gasteiger charge is -2.10. The number of carbonyl (C=O) groups is 1. The number of unbranched alkanes of at least 4 members (excludes halogenated alkanes) is 6. The highest BCUT2D eigenvalue weighted by molar-refractivity contribution is 5.66. The third-order valence-corrected chi connectivity index (χ3v) is 4.15. The topological polar surface area (TPSA) is 77.8 Å². The van der Waals surface area contributed by atoms with Crippen molar-refractivity contribution in [1.29, 1.82) is 0 Å². The van der Waals surface area contributed by atoms with Gasteiger partial charge in [-0.1, -0.05) is 39.0 Å². The van der Waals surface area contributed by atoms with Gasteiger partial charge in [0.2, 0.25) is 0 Å². The van der Waals surface area contributed by atoms with Crippen molar-refractivity contribution in [3.05, 3.63) is 23.3 Å². The number of hydrogen-bond acceptors (Lipinski definition) is 3. The molecular weight excluding hydrogens is 292 g/mol. The molecule has 0 unspecified atom stereocenters. The van der Waals surface area contributed by atoms with Crippen LogP contribution in [0.5, 0.6) is 11.5 Å². The molecule has 130 valence electrons. The Balaban J connectivity index is 2.38. The Morgan fingerprint density at radius 3 is 2.04 bits per heavy atom. The van der Waals surface area contributed by atoms with Gasteiger partial charge in [-0.15, -0.1) is 0 Å². The van der Waals surface area contributed by atoms with Gasteiger partial charge < -0.3 is 15.3 Å². The number of carboxylic acids is 1. The van der Waals surface area contributed by atoms with E-state index in [1.807, 2.05) is 0 Å². The third-order valence-electron chi connectivity index (χ3n) is 4.15. The Labute approximate surface area is 139 Å². The molecule has 0 fully saturated rings.